The van der Waals surface area contributed by atoms with E-state index in [0.29, 0.717) is 26.1 Å². The van der Waals surface area contributed by atoms with Crippen LogP contribution in [0.25, 0.3) is 0 Å². The van der Waals surface area contributed by atoms with Crippen LogP contribution in [-0.4, -0.2) is 49.3 Å². The highest BCUT2D eigenvalue weighted by atomic mass is 16.5. The Morgan fingerprint density at radius 2 is 2.17 bits per heavy atom. The highest BCUT2D eigenvalue weighted by Crippen LogP contribution is 1.89. The van der Waals surface area contributed by atoms with Crippen LogP contribution in [0.4, 0.5) is 0 Å². The predicted molar refractivity (Wildman–Crippen MR) is 45.8 cm³/mol. The topological polar surface area (TPSA) is 49.8 Å². The summed E-state index contributed by atoms with van der Waals surface area (Å²) in [4.78, 5) is 12.7. The van der Waals surface area contributed by atoms with Crippen molar-refractivity contribution in [3.05, 3.63) is 0 Å². The SMILES string of the molecule is CCOC(=O)CCN(C)CCO. The van der Waals surface area contributed by atoms with E-state index in [1.807, 2.05) is 11.9 Å². The number of esters is 1. The van der Waals surface area contributed by atoms with Crippen molar-refractivity contribution in [2.24, 2.45) is 0 Å². The largest absolute Gasteiger partial charge is 0.466 e. The van der Waals surface area contributed by atoms with Crippen LogP contribution in [0.2, 0.25) is 0 Å². The molecule has 0 saturated carbocycles. The first kappa shape index (κ1) is 11.4. The summed E-state index contributed by atoms with van der Waals surface area (Å²) in [5, 5.41) is 8.55. The first-order valence-corrected chi connectivity index (χ1v) is 4.15. The molecule has 0 aromatic rings. The molecular formula is C8H17NO3. The molecule has 0 aliphatic carbocycles. The zero-order valence-electron chi connectivity index (χ0n) is 7.75. The fourth-order valence-corrected chi connectivity index (χ4v) is 0.798. The molecule has 0 spiro atoms. The van der Waals surface area contributed by atoms with Crippen molar-refractivity contribution in [1.29, 1.82) is 0 Å². The Kier molecular flexibility index (Phi) is 6.70. The third-order valence-electron chi connectivity index (χ3n) is 1.48. The Morgan fingerprint density at radius 1 is 1.50 bits per heavy atom. The van der Waals surface area contributed by atoms with E-state index in [1.165, 1.54) is 0 Å². The van der Waals surface area contributed by atoms with Crippen LogP contribution in [-0.2, 0) is 9.53 Å². The summed E-state index contributed by atoms with van der Waals surface area (Å²) >= 11 is 0. The Hall–Kier alpha value is -0.610. The molecule has 0 unspecified atom stereocenters. The van der Waals surface area contributed by atoms with Gasteiger partial charge in [0, 0.05) is 13.1 Å². The summed E-state index contributed by atoms with van der Waals surface area (Å²) in [6.07, 6.45) is 0.393. The summed E-state index contributed by atoms with van der Waals surface area (Å²) in [6, 6.07) is 0. The van der Waals surface area contributed by atoms with E-state index in [4.69, 9.17) is 9.84 Å². The monoisotopic (exact) mass is 175 g/mol. The number of hydrogen-bond acceptors (Lipinski definition) is 4. The van der Waals surface area contributed by atoms with E-state index >= 15 is 0 Å². The number of ether oxygens (including phenoxy) is 1. The minimum Gasteiger partial charge on any atom is -0.466 e. The van der Waals surface area contributed by atoms with Crippen molar-refractivity contribution >= 4 is 5.97 Å². The third-order valence-corrected chi connectivity index (χ3v) is 1.48. The fraction of sp³-hybridized carbons (Fsp3) is 0.875. The van der Waals surface area contributed by atoms with Gasteiger partial charge in [0.15, 0.2) is 0 Å². The minimum absolute atomic E-state index is 0.124. The van der Waals surface area contributed by atoms with Gasteiger partial charge in [0.1, 0.15) is 0 Å². The highest BCUT2D eigenvalue weighted by Gasteiger charge is 2.03. The van der Waals surface area contributed by atoms with E-state index in [0.717, 1.165) is 0 Å². The first-order chi connectivity index (χ1) is 5.70. The van der Waals surface area contributed by atoms with Crippen LogP contribution < -0.4 is 0 Å². The Morgan fingerprint density at radius 3 is 2.67 bits per heavy atom. The quantitative estimate of drug-likeness (QED) is 0.571. The molecule has 0 aromatic carbocycles. The second-order valence-corrected chi connectivity index (χ2v) is 2.58. The number of rotatable bonds is 6. The van der Waals surface area contributed by atoms with Crippen LogP contribution in [0, 0.1) is 0 Å². The maximum Gasteiger partial charge on any atom is 0.307 e. The van der Waals surface area contributed by atoms with Gasteiger partial charge < -0.3 is 14.7 Å². The number of aliphatic hydroxyl groups excluding tert-OH is 1. The molecule has 12 heavy (non-hydrogen) atoms. The van der Waals surface area contributed by atoms with Gasteiger partial charge in [-0.15, -0.1) is 0 Å². The highest BCUT2D eigenvalue weighted by molar-refractivity contribution is 5.69. The van der Waals surface area contributed by atoms with Gasteiger partial charge in [-0.1, -0.05) is 0 Å². The number of nitrogens with zero attached hydrogens (tertiary/aromatic N) is 1. The Labute approximate surface area is 73.1 Å². The van der Waals surface area contributed by atoms with Crippen molar-refractivity contribution < 1.29 is 14.6 Å². The van der Waals surface area contributed by atoms with E-state index < -0.39 is 0 Å². The maximum atomic E-state index is 10.8. The van der Waals surface area contributed by atoms with Crippen molar-refractivity contribution in [2.75, 3.05) is 33.4 Å². The van der Waals surface area contributed by atoms with Gasteiger partial charge in [0.2, 0.25) is 0 Å². The summed E-state index contributed by atoms with van der Waals surface area (Å²) in [7, 11) is 1.86. The van der Waals surface area contributed by atoms with E-state index in [9.17, 15) is 4.79 Å². The molecule has 0 aliphatic rings. The fourth-order valence-electron chi connectivity index (χ4n) is 0.798. The molecule has 0 rings (SSSR count). The second kappa shape index (κ2) is 7.06. The number of likely N-dealkylation sites (N-methyl/N-ethyl adjacent to an activating group) is 1. The van der Waals surface area contributed by atoms with Gasteiger partial charge >= 0.3 is 5.97 Å². The number of aliphatic hydroxyl groups is 1. The van der Waals surface area contributed by atoms with Crippen LogP contribution in [0.1, 0.15) is 13.3 Å². The van der Waals surface area contributed by atoms with Crippen molar-refractivity contribution in [3.63, 3.8) is 0 Å². The lowest BCUT2D eigenvalue weighted by Crippen LogP contribution is -2.25. The summed E-state index contributed by atoms with van der Waals surface area (Å²) in [6.45, 7) is 3.58. The van der Waals surface area contributed by atoms with Crippen LogP contribution in [0.3, 0.4) is 0 Å². The van der Waals surface area contributed by atoms with Crippen molar-refractivity contribution in [2.45, 2.75) is 13.3 Å². The molecule has 1 N–H and O–H groups in total. The molecule has 0 aliphatic heterocycles. The molecule has 72 valence electrons. The molecule has 0 heterocycles. The first-order valence-electron chi connectivity index (χ1n) is 4.15. The second-order valence-electron chi connectivity index (χ2n) is 2.58. The Bertz CT molecular complexity index is 127. The zero-order chi connectivity index (χ0) is 9.40. The molecule has 0 bridgehead atoms. The number of carbonyl (C=O) groups is 1. The molecule has 4 heteroatoms. The minimum atomic E-state index is -0.178. The molecular weight excluding hydrogens is 158 g/mol. The van der Waals surface area contributed by atoms with E-state index in [-0.39, 0.29) is 12.6 Å². The van der Waals surface area contributed by atoms with Gasteiger partial charge in [-0.3, -0.25) is 4.79 Å². The molecule has 0 atom stereocenters. The lowest BCUT2D eigenvalue weighted by molar-refractivity contribution is -0.143. The molecule has 0 fully saturated rings. The molecule has 4 nitrogen and oxygen atoms in total. The normalized spacial score (nSPS) is 10.3. The molecule has 0 radical (unpaired) electrons. The van der Waals surface area contributed by atoms with Crippen LogP contribution in [0.15, 0.2) is 0 Å². The van der Waals surface area contributed by atoms with Gasteiger partial charge in [0.05, 0.1) is 19.6 Å². The zero-order valence-corrected chi connectivity index (χ0v) is 7.75. The van der Waals surface area contributed by atoms with Gasteiger partial charge in [-0.25, -0.2) is 0 Å². The average Bonchev–Trinajstić information content (AvgIpc) is 2.02. The standard InChI is InChI=1S/C8H17NO3/c1-3-12-8(11)4-5-9(2)6-7-10/h10H,3-7H2,1-2H3. The number of hydrogen-bond donors (Lipinski definition) is 1. The lowest BCUT2D eigenvalue weighted by atomic mass is 10.4. The average molecular weight is 175 g/mol. The Balaban J connectivity index is 3.33. The smallest absolute Gasteiger partial charge is 0.307 e. The van der Waals surface area contributed by atoms with Crippen LogP contribution in [0.5, 0.6) is 0 Å². The third kappa shape index (κ3) is 6.12. The maximum absolute atomic E-state index is 10.8. The predicted octanol–water partition coefficient (Wildman–Crippen LogP) is -0.136. The van der Waals surface area contributed by atoms with Gasteiger partial charge in [0.25, 0.3) is 0 Å². The van der Waals surface area contributed by atoms with Crippen molar-refractivity contribution in [3.8, 4) is 0 Å². The van der Waals surface area contributed by atoms with Gasteiger partial charge in [-0.2, -0.15) is 0 Å². The molecule has 0 amide bonds. The van der Waals surface area contributed by atoms with Gasteiger partial charge in [-0.05, 0) is 14.0 Å². The number of carbonyl (C=O) groups excluding carboxylic acids is 1. The molecule has 0 aromatic heterocycles. The van der Waals surface area contributed by atoms with Crippen LogP contribution >= 0.6 is 0 Å². The summed E-state index contributed by atoms with van der Waals surface area (Å²) in [5.74, 6) is -0.178. The summed E-state index contributed by atoms with van der Waals surface area (Å²) < 4.78 is 4.74. The lowest BCUT2D eigenvalue weighted by Gasteiger charge is -2.13. The summed E-state index contributed by atoms with van der Waals surface area (Å²) in [5.41, 5.74) is 0. The van der Waals surface area contributed by atoms with E-state index in [2.05, 4.69) is 0 Å². The molecule has 0 saturated heterocycles. The van der Waals surface area contributed by atoms with E-state index in [1.54, 1.807) is 6.92 Å². The van der Waals surface area contributed by atoms with Crippen molar-refractivity contribution in [1.82, 2.24) is 4.90 Å².